The maximum atomic E-state index is 10.1. The summed E-state index contributed by atoms with van der Waals surface area (Å²) < 4.78 is 8.38. The van der Waals surface area contributed by atoms with Crippen molar-refractivity contribution in [2.24, 2.45) is 12.0 Å². The van der Waals surface area contributed by atoms with Crippen molar-refractivity contribution < 1.29 is 4.42 Å². The molecule has 2 aromatic heterocycles. The fourth-order valence-corrected chi connectivity index (χ4v) is 4.12. The van der Waals surface area contributed by atoms with Crippen LogP contribution in [0.1, 0.15) is 16.8 Å². The van der Waals surface area contributed by atoms with Crippen molar-refractivity contribution in [1.29, 1.82) is 5.26 Å². The molecule has 2 heterocycles. The van der Waals surface area contributed by atoms with Crippen molar-refractivity contribution in [2.45, 2.75) is 6.92 Å². The number of aromatic nitrogens is 1. The van der Waals surface area contributed by atoms with E-state index in [1.807, 2.05) is 79.8 Å². The Morgan fingerprint density at radius 1 is 0.875 bits per heavy atom. The van der Waals surface area contributed by atoms with Crippen LogP contribution in [0.15, 0.2) is 94.3 Å². The number of fused-ring (bicyclic) bond motifs is 1. The lowest BCUT2D eigenvalue weighted by Crippen LogP contribution is -1.91. The Kier molecular flexibility index (Phi) is 4.93. The van der Waals surface area contributed by atoms with Crippen LogP contribution in [0.2, 0.25) is 0 Å². The molecule has 3 aromatic carbocycles. The number of aliphatic imine (C=N–C) groups is 1. The maximum absolute atomic E-state index is 10.1. The minimum absolute atomic E-state index is 0.317. The van der Waals surface area contributed by atoms with E-state index in [0.717, 1.165) is 38.9 Å². The van der Waals surface area contributed by atoms with Gasteiger partial charge in [-0.2, -0.15) is 5.26 Å². The van der Waals surface area contributed by atoms with Gasteiger partial charge in [-0.05, 0) is 18.6 Å². The van der Waals surface area contributed by atoms with Crippen molar-refractivity contribution in [3.05, 3.63) is 102 Å². The molecule has 0 unspecified atom stereocenters. The number of hydrogen-bond donors (Lipinski definition) is 0. The van der Waals surface area contributed by atoms with Crippen LogP contribution < -0.4 is 0 Å². The maximum Gasteiger partial charge on any atom is 0.238 e. The van der Waals surface area contributed by atoms with Gasteiger partial charge in [-0.1, -0.05) is 78.9 Å². The highest BCUT2D eigenvalue weighted by Gasteiger charge is 2.22. The molecular formula is C28H21N3O. The first-order chi connectivity index (χ1) is 15.7. The molecule has 32 heavy (non-hydrogen) atoms. The second-order valence-corrected chi connectivity index (χ2v) is 7.66. The summed E-state index contributed by atoms with van der Waals surface area (Å²) in [5, 5.41) is 11.2. The number of furan rings is 1. The standard InChI is InChI=1S/C28H21N3O/c1-19-24(22-15-9-10-16-25(22)31(19)2)18-30-28-23(17-29)26(20-11-5-3-6-12-20)27(32-28)21-13-7-4-8-14-21/h3-16,18H,1-2H3/b30-18+. The molecule has 0 saturated carbocycles. The van der Waals surface area contributed by atoms with Gasteiger partial charge in [0.15, 0.2) is 0 Å². The second-order valence-electron chi connectivity index (χ2n) is 7.66. The average Bonchev–Trinajstić information content (AvgIpc) is 3.34. The molecule has 5 rings (SSSR count). The zero-order valence-electron chi connectivity index (χ0n) is 17.9. The summed E-state index contributed by atoms with van der Waals surface area (Å²) in [7, 11) is 2.05. The Balaban J connectivity index is 1.71. The number of rotatable bonds is 4. The lowest BCUT2D eigenvalue weighted by Gasteiger charge is -2.03. The van der Waals surface area contributed by atoms with E-state index >= 15 is 0 Å². The molecular weight excluding hydrogens is 394 g/mol. The van der Waals surface area contributed by atoms with E-state index in [-0.39, 0.29) is 0 Å². The molecule has 154 valence electrons. The molecule has 0 fully saturated rings. The Morgan fingerprint density at radius 3 is 2.19 bits per heavy atom. The van der Waals surface area contributed by atoms with Gasteiger partial charge in [-0.3, -0.25) is 0 Å². The third-order valence-corrected chi connectivity index (χ3v) is 5.86. The number of para-hydroxylation sites is 1. The molecule has 5 aromatic rings. The van der Waals surface area contributed by atoms with Crippen LogP contribution in [0.3, 0.4) is 0 Å². The number of nitrogens with zero attached hydrogens (tertiary/aromatic N) is 3. The summed E-state index contributed by atoms with van der Waals surface area (Å²) in [5.41, 5.74) is 6.30. The van der Waals surface area contributed by atoms with E-state index in [0.29, 0.717) is 17.2 Å². The van der Waals surface area contributed by atoms with Crippen molar-refractivity contribution in [1.82, 2.24) is 4.57 Å². The number of benzene rings is 3. The zero-order valence-corrected chi connectivity index (χ0v) is 17.9. The minimum atomic E-state index is 0.317. The average molecular weight is 415 g/mol. The smallest absolute Gasteiger partial charge is 0.238 e. The second kappa shape index (κ2) is 8.05. The molecule has 0 aliphatic heterocycles. The van der Waals surface area contributed by atoms with Gasteiger partial charge in [0.05, 0.1) is 0 Å². The number of hydrogen-bond acceptors (Lipinski definition) is 3. The summed E-state index contributed by atoms with van der Waals surface area (Å²) in [6, 6.07) is 30.3. The molecule has 0 radical (unpaired) electrons. The quantitative estimate of drug-likeness (QED) is 0.296. The lowest BCUT2D eigenvalue weighted by atomic mass is 9.98. The van der Waals surface area contributed by atoms with Crippen LogP contribution in [-0.2, 0) is 7.05 Å². The Morgan fingerprint density at radius 2 is 1.50 bits per heavy atom. The molecule has 0 aliphatic rings. The van der Waals surface area contributed by atoms with Crippen molar-refractivity contribution in [3.8, 4) is 28.5 Å². The Bertz CT molecular complexity index is 1480. The van der Waals surface area contributed by atoms with Crippen LogP contribution in [0, 0.1) is 18.3 Å². The number of nitriles is 1. The highest BCUT2D eigenvalue weighted by atomic mass is 16.4. The normalized spacial score (nSPS) is 11.3. The Labute approximate surface area is 186 Å². The SMILES string of the molecule is Cc1c(/C=N/c2oc(-c3ccccc3)c(-c3ccccc3)c2C#N)c2ccccc2n1C. The Hall–Kier alpha value is -4.36. The van der Waals surface area contributed by atoms with E-state index in [4.69, 9.17) is 4.42 Å². The topological polar surface area (TPSA) is 54.2 Å². The van der Waals surface area contributed by atoms with Gasteiger partial charge in [0.2, 0.25) is 5.88 Å². The van der Waals surface area contributed by atoms with E-state index in [1.54, 1.807) is 6.21 Å². The summed E-state index contributed by atoms with van der Waals surface area (Å²) in [6.07, 6.45) is 1.81. The molecule has 4 nitrogen and oxygen atoms in total. The first-order valence-corrected chi connectivity index (χ1v) is 10.4. The van der Waals surface area contributed by atoms with Gasteiger partial charge >= 0.3 is 0 Å². The van der Waals surface area contributed by atoms with Crippen molar-refractivity contribution in [3.63, 3.8) is 0 Å². The molecule has 0 atom stereocenters. The first kappa shape index (κ1) is 19.6. The molecule has 0 spiro atoms. The molecule has 0 bridgehead atoms. The third kappa shape index (κ3) is 3.21. The summed E-state index contributed by atoms with van der Waals surface area (Å²) in [6.45, 7) is 2.07. The predicted octanol–water partition coefficient (Wildman–Crippen LogP) is 7.04. The molecule has 0 saturated heterocycles. The summed E-state index contributed by atoms with van der Waals surface area (Å²) in [4.78, 5) is 4.68. The van der Waals surface area contributed by atoms with Gasteiger partial charge in [0.1, 0.15) is 17.4 Å². The highest BCUT2D eigenvalue weighted by Crippen LogP contribution is 2.42. The molecule has 0 N–H and O–H groups in total. The minimum Gasteiger partial charge on any atom is -0.436 e. The van der Waals surface area contributed by atoms with Gasteiger partial charge in [-0.25, -0.2) is 4.99 Å². The van der Waals surface area contributed by atoms with Gasteiger partial charge < -0.3 is 8.98 Å². The fraction of sp³-hybridized carbons (Fsp3) is 0.0714. The number of aryl methyl sites for hydroxylation is 1. The van der Waals surface area contributed by atoms with Crippen LogP contribution in [-0.4, -0.2) is 10.8 Å². The van der Waals surface area contributed by atoms with E-state index in [2.05, 4.69) is 34.7 Å². The molecule has 4 heteroatoms. The molecule has 0 aliphatic carbocycles. The van der Waals surface area contributed by atoms with Crippen LogP contribution in [0.4, 0.5) is 5.88 Å². The summed E-state index contributed by atoms with van der Waals surface area (Å²) >= 11 is 0. The predicted molar refractivity (Wildman–Crippen MR) is 129 cm³/mol. The third-order valence-electron chi connectivity index (χ3n) is 5.86. The highest BCUT2D eigenvalue weighted by molar-refractivity contribution is 6.02. The monoisotopic (exact) mass is 415 g/mol. The lowest BCUT2D eigenvalue weighted by molar-refractivity contribution is 0.593. The van der Waals surface area contributed by atoms with Crippen molar-refractivity contribution in [2.75, 3.05) is 0 Å². The van der Waals surface area contributed by atoms with Gasteiger partial charge in [0, 0.05) is 46.5 Å². The summed E-state index contributed by atoms with van der Waals surface area (Å²) in [5.74, 6) is 0.965. The van der Waals surface area contributed by atoms with Crippen LogP contribution in [0.5, 0.6) is 0 Å². The largest absolute Gasteiger partial charge is 0.436 e. The van der Waals surface area contributed by atoms with Crippen LogP contribution in [0.25, 0.3) is 33.4 Å². The fourth-order valence-electron chi connectivity index (χ4n) is 4.12. The first-order valence-electron chi connectivity index (χ1n) is 10.4. The van der Waals surface area contributed by atoms with E-state index in [9.17, 15) is 5.26 Å². The van der Waals surface area contributed by atoms with Gasteiger partial charge in [-0.15, -0.1) is 0 Å². The molecule has 0 amide bonds. The van der Waals surface area contributed by atoms with Gasteiger partial charge in [0.25, 0.3) is 0 Å². The zero-order chi connectivity index (χ0) is 22.1. The van der Waals surface area contributed by atoms with E-state index < -0.39 is 0 Å². The van der Waals surface area contributed by atoms with Crippen molar-refractivity contribution >= 4 is 23.0 Å². The van der Waals surface area contributed by atoms with Crippen LogP contribution >= 0.6 is 0 Å². The van der Waals surface area contributed by atoms with E-state index in [1.165, 1.54) is 0 Å².